The molecule has 1 aromatic rings. The van der Waals surface area contributed by atoms with Crippen LogP contribution in [0.4, 0.5) is 10.1 Å². The van der Waals surface area contributed by atoms with Gasteiger partial charge in [0.25, 0.3) is 0 Å². The number of rotatable bonds is 2. The predicted molar refractivity (Wildman–Crippen MR) is 65.3 cm³/mol. The first-order valence-corrected chi connectivity index (χ1v) is 5.85. The van der Waals surface area contributed by atoms with Crippen LogP contribution in [0.2, 0.25) is 0 Å². The highest BCUT2D eigenvalue weighted by molar-refractivity contribution is 5.93. The van der Waals surface area contributed by atoms with Crippen molar-refractivity contribution >= 4 is 11.6 Å². The standard InChI is InChI=1S/C13H14FN3O/c1-8-11(4-5-16-8)13(18)17-10-2-3-12(14)9(6-10)7-15/h2-3,6,8,11,16H,4-5H2,1H3,(H,17,18). The lowest BCUT2D eigenvalue weighted by Gasteiger charge is -2.15. The third-order valence-corrected chi connectivity index (χ3v) is 3.22. The minimum Gasteiger partial charge on any atom is -0.326 e. The highest BCUT2D eigenvalue weighted by atomic mass is 19.1. The predicted octanol–water partition coefficient (Wildman–Crippen LogP) is 1.63. The Morgan fingerprint density at radius 2 is 2.39 bits per heavy atom. The zero-order chi connectivity index (χ0) is 13.1. The van der Waals surface area contributed by atoms with E-state index < -0.39 is 5.82 Å². The van der Waals surface area contributed by atoms with Crippen molar-refractivity contribution in [2.75, 3.05) is 11.9 Å². The van der Waals surface area contributed by atoms with Crippen molar-refractivity contribution in [1.29, 1.82) is 5.26 Å². The van der Waals surface area contributed by atoms with E-state index in [1.54, 1.807) is 6.07 Å². The minimum atomic E-state index is -0.577. The molecule has 0 aliphatic carbocycles. The van der Waals surface area contributed by atoms with Gasteiger partial charge < -0.3 is 10.6 Å². The monoisotopic (exact) mass is 247 g/mol. The Balaban J connectivity index is 2.10. The van der Waals surface area contributed by atoms with Crippen molar-refractivity contribution in [3.05, 3.63) is 29.6 Å². The molecule has 0 radical (unpaired) electrons. The molecule has 1 aliphatic heterocycles. The van der Waals surface area contributed by atoms with Crippen LogP contribution in [0.3, 0.4) is 0 Å². The minimum absolute atomic E-state index is 0.0644. The largest absolute Gasteiger partial charge is 0.326 e. The van der Waals surface area contributed by atoms with Gasteiger partial charge in [-0.3, -0.25) is 4.79 Å². The van der Waals surface area contributed by atoms with Crippen LogP contribution in [0.5, 0.6) is 0 Å². The van der Waals surface area contributed by atoms with Crippen molar-refractivity contribution < 1.29 is 9.18 Å². The maximum Gasteiger partial charge on any atom is 0.229 e. The summed E-state index contributed by atoms with van der Waals surface area (Å²) in [5.74, 6) is -0.755. The fourth-order valence-electron chi connectivity index (χ4n) is 2.14. The van der Waals surface area contributed by atoms with Gasteiger partial charge in [0, 0.05) is 11.7 Å². The van der Waals surface area contributed by atoms with Crippen LogP contribution in [0.1, 0.15) is 18.9 Å². The molecule has 4 nitrogen and oxygen atoms in total. The Kier molecular flexibility index (Phi) is 3.58. The maximum absolute atomic E-state index is 13.1. The van der Waals surface area contributed by atoms with Crippen molar-refractivity contribution in [2.24, 2.45) is 5.92 Å². The number of hydrogen-bond donors (Lipinski definition) is 2. The first-order chi connectivity index (χ1) is 8.61. The first-order valence-electron chi connectivity index (χ1n) is 5.85. The molecule has 0 aromatic heterocycles. The van der Waals surface area contributed by atoms with Gasteiger partial charge in [-0.15, -0.1) is 0 Å². The SMILES string of the molecule is CC1NCCC1C(=O)Nc1ccc(F)c(C#N)c1. The number of nitrogens with zero attached hydrogens (tertiary/aromatic N) is 1. The van der Waals surface area contributed by atoms with E-state index in [1.807, 2.05) is 6.92 Å². The summed E-state index contributed by atoms with van der Waals surface area (Å²) < 4.78 is 13.1. The highest BCUT2D eigenvalue weighted by Gasteiger charge is 2.29. The lowest BCUT2D eigenvalue weighted by atomic mass is 10.0. The molecule has 2 unspecified atom stereocenters. The fourth-order valence-corrected chi connectivity index (χ4v) is 2.14. The second-order valence-electron chi connectivity index (χ2n) is 4.43. The second-order valence-corrected chi connectivity index (χ2v) is 4.43. The van der Waals surface area contributed by atoms with E-state index in [-0.39, 0.29) is 23.4 Å². The summed E-state index contributed by atoms with van der Waals surface area (Å²) in [6, 6.07) is 5.88. The van der Waals surface area contributed by atoms with Gasteiger partial charge >= 0.3 is 0 Å². The Morgan fingerprint density at radius 1 is 1.61 bits per heavy atom. The van der Waals surface area contributed by atoms with Crippen molar-refractivity contribution in [3.63, 3.8) is 0 Å². The van der Waals surface area contributed by atoms with Gasteiger partial charge in [0.05, 0.1) is 11.5 Å². The number of nitrogens with one attached hydrogen (secondary N) is 2. The zero-order valence-corrected chi connectivity index (χ0v) is 10.0. The molecule has 5 heteroatoms. The number of nitriles is 1. The molecule has 2 rings (SSSR count). The summed E-state index contributed by atoms with van der Waals surface area (Å²) in [5.41, 5.74) is 0.391. The molecule has 1 amide bonds. The molecule has 18 heavy (non-hydrogen) atoms. The number of amides is 1. The van der Waals surface area contributed by atoms with Gasteiger partial charge in [0.15, 0.2) is 0 Å². The molecule has 1 fully saturated rings. The average molecular weight is 247 g/mol. The number of hydrogen-bond acceptors (Lipinski definition) is 3. The van der Waals surface area contributed by atoms with Crippen molar-refractivity contribution in [3.8, 4) is 6.07 Å². The van der Waals surface area contributed by atoms with E-state index in [4.69, 9.17) is 5.26 Å². The normalized spacial score (nSPS) is 22.5. The zero-order valence-electron chi connectivity index (χ0n) is 10.0. The Morgan fingerprint density at radius 3 is 3.00 bits per heavy atom. The maximum atomic E-state index is 13.1. The molecular formula is C13H14FN3O. The van der Waals surface area contributed by atoms with Crippen LogP contribution in [0, 0.1) is 23.1 Å². The van der Waals surface area contributed by atoms with Gasteiger partial charge in [-0.05, 0) is 38.1 Å². The number of carbonyl (C=O) groups excluding carboxylic acids is 1. The van der Waals surface area contributed by atoms with E-state index in [1.165, 1.54) is 18.2 Å². The van der Waals surface area contributed by atoms with E-state index >= 15 is 0 Å². The van der Waals surface area contributed by atoms with E-state index in [0.29, 0.717) is 5.69 Å². The molecule has 0 spiro atoms. The van der Waals surface area contributed by atoms with Crippen LogP contribution in [0.15, 0.2) is 18.2 Å². The van der Waals surface area contributed by atoms with Gasteiger partial charge in [0.1, 0.15) is 11.9 Å². The van der Waals surface area contributed by atoms with E-state index in [9.17, 15) is 9.18 Å². The molecule has 1 heterocycles. The summed E-state index contributed by atoms with van der Waals surface area (Å²) in [7, 11) is 0. The Bertz CT molecular complexity index is 509. The molecular weight excluding hydrogens is 233 g/mol. The number of halogens is 1. The first kappa shape index (κ1) is 12.5. The summed E-state index contributed by atoms with van der Waals surface area (Å²) in [6.45, 7) is 2.79. The van der Waals surface area contributed by atoms with Gasteiger partial charge in [-0.25, -0.2) is 4.39 Å². The Labute approximate surface area is 105 Å². The van der Waals surface area contributed by atoms with Gasteiger partial charge in [-0.2, -0.15) is 5.26 Å². The number of benzene rings is 1. The van der Waals surface area contributed by atoms with E-state index in [2.05, 4.69) is 10.6 Å². The molecule has 1 aromatic carbocycles. The van der Waals surface area contributed by atoms with Crippen LogP contribution >= 0.6 is 0 Å². The molecule has 94 valence electrons. The summed E-state index contributed by atoms with van der Waals surface area (Å²) in [6.07, 6.45) is 0.791. The van der Waals surface area contributed by atoms with Crippen LogP contribution in [0.25, 0.3) is 0 Å². The molecule has 2 N–H and O–H groups in total. The fraction of sp³-hybridized carbons (Fsp3) is 0.385. The highest BCUT2D eigenvalue weighted by Crippen LogP contribution is 2.19. The second kappa shape index (κ2) is 5.15. The van der Waals surface area contributed by atoms with Gasteiger partial charge in [0.2, 0.25) is 5.91 Å². The Hall–Kier alpha value is -1.93. The molecule has 1 aliphatic rings. The summed E-state index contributed by atoms with van der Waals surface area (Å²) in [5, 5.41) is 14.6. The van der Waals surface area contributed by atoms with Crippen molar-refractivity contribution in [2.45, 2.75) is 19.4 Å². The lowest BCUT2D eigenvalue weighted by Crippen LogP contribution is -2.32. The molecule has 1 saturated heterocycles. The molecule has 0 bridgehead atoms. The van der Waals surface area contributed by atoms with Crippen LogP contribution < -0.4 is 10.6 Å². The summed E-state index contributed by atoms with van der Waals surface area (Å²) >= 11 is 0. The smallest absolute Gasteiger partial charge is 0.229 e. The average Bonchev–Trinajstić information content (AvgIpc) is 2.78. The van der Waals surface area contributed by atoms with E-state index in [0.717, 1.165) is 13.0 Å². The molecule has 0 saturated carbocycles. The van der Waals surface area contributed by atoms with Crippen LogP contribution in [-0.4, -0.2) is 18.5 Å². The third kappa shape index (κ3) is 2.49. The quantitative estimate of drug-likeness (QED) is 0.834. The molecule has 2 atom stereocenters. The summed E-state index contributed by atoms with van der Waals surface area (Å²) in [4.78, 5) is 12.0. The number of carbonyl (C=O) groups is 1. The lowest BCUT2D eigenvalue weighted by molar-refractivity contribution is -0.120. The topological polar surface area (TPSA) is 64.9 Å². The third-order valence-electron chi connectivity index (χ3n) is 3.22. The van der Waals surface area contributed by atoms with Crippen molar-refractivity contribution in [1.82, 2.24) is 5.32 Å². The number of anilines is 1. The van der Waals surface area contributed by atoms with Crippen LogP contribution in [-0.2, 0) is 4.79 Å². The van der Waals surface area contributed by atoms with Gasteiger partial charge in [-0.1, -0.05) is 0 Å².